The molecule has 0 saturated heterocycles. The van der Waals surface area contributed by atoms with Gasteiger partial charge < -0.3 is 0 Å². The lowest BCUT2D eigenvalue weighted by Crippen LogP contribution is -2.05. The van der Waals surface area contributed by atoms with Crippen molar-refractivity contribution >= 4 is 32.7 Å². The summed E-state index contributed by atoms with van der Waals surface area (Å²) >= 11 is -0.0786. The van der Waals surface area contributed by atoms with Crippen molar-refractivity contribution in [3.63, 3.8) is 0 Å². The Labute approximate surface area is 110 Å². The van der Waals surface area contributed by atoms with Crippen molar-refractivity contribution in [3.8, 4) is 5.75 Å². The first-order chi connectivity index (χ1) is 8.75. The lowest BCUT2D eigenvalue weighted by molar-refractivity contribution is 0.650. The first-order valence-electron chi connectivity index (χ1n) is 5.92. The second kappa shape index (κ2) is 4.54. The van der Waals surface area contributed by atoms with E-state index in [1.807, 2.05) is 0 Å². The quantitative estimate of drug-likeness (QED) is 0.493. The fraction of sp³-hybridized carbons (Fsp3) is 0.125. The molecule has 0 aliphatic carbocycles. The summed E-state index contributed by atoms with van der Waals surface area (Å²) in [6, 6.07) is 19.0. The lowest BCUT2D eigenvalue weighted by atomic mass is 10.0. The van der Waals surface area contributed by atoms with Gasteiger partial charge in [-0.1, -0.05) is 48.5 Å². The smallest absolute Gasteiger partial charge is 0.203 e. The molecule has 2 heteroatoms. The Bertz CT molecular complexity index is 650. The highest BCUT2D eigenvalue weighted by atomic mass is 32.2. The molecule has 0 saturated carbocycles. The summed E-state index contributed by atoms with van der Waals surface area (Å²) in [7, 11) is 0. The highest BCUT2D eigenvalue weighted by Gasteiger charge is 2.14. The van der Waals surface area contributed by atoms with Gasteiger partial charge >= 0.3 is 0 Å². The van der Waals surface area contributed by atoms with E-state index in [1.165, 1.54) is 21.5 Å². The van der Waals surface area contributed by atoms with E-state index in [9.17, 15) is 0 Å². The molecule has 0 spiro atoms. The van der Waals surface area contributed by atoms with Gasteiger partial charge in [0.2, 0.25) is 5.75 Å². The van der Waals surface area contributed by atoms with Crippen LogP contribution in [0.1, 0.15) is 0 Å². The molecular weight excluding hydrogens is 240 g/mol. The minimum Gasteiger partial charge on any atom is -0.285 e. The fourth-order valence-electron chi connectivity index (χ4n) is 2.23. The van der Waals surface area contributed by atoms with Crippen LogP contribution in [0.25, 0.3) is 21.5 Å². The molecule has 0 N–H and O–H groups in total. The first-order valence-corrected chi connectivity index (χ1v) is 7.89. The third kappa shape index (κ3) is 1.93. The molecule has 3 rings (SSSR count). The molecule has 0 bridgehead atoms. The number of hydrogen-bond acceptors (Lipinski definition) is 1. The average molecular weight is 255 g/mol. The highest BCUT2D eigenvalue weighted by Crippen LogP contribution is 2.35. The summed E-state index contributed by atoms with van der Waals surface area (Å²) in [5, 5.41) is 4.85. The van der Waals surface area contributed by atoms with Crippen LogP contribution < -0.4 is 4.18 Å². The topological polar surface area (TPSA) is 9.23 Å². The van der Waals surface area contributed by atoms with E-state index in [0.717, 1.165) is 5.75 Å². The second-order valence-electron chi connectivity index (χ2n) is 4.47. The molecule has 18 heavy (non-hydrogen) atoms. The molecule has 0 heterocycles. The van der Waals surface area contributed by atoms with Crippen LogP contribution in [0, 0.1) is 0 Å². The molecule has 1 nitrogen and oxygen atoms in total. The zero-order chi connectivity index (χ0) is 12.5. The second-order valence-corrected chi connectivity index (χ2v) is 6.12. The molecule has 0 aliphatic heterocycles. The monoisotopic (exact) mass is 255 g/mol. The van der Waals surface area contributed by atoms with Crippen LogP contribution in [0.15, 0.2) is 54.6 Å². The molecule has 0 fully saturated rings. The van der Waals surface area contributed by atoms with E-state index < -0.39 is 0 Å². The van der Waals surface area contributed by atoms with E-state index in [-0.39, 0.29) is 11.2 Å². The Morgan fingerprint density at radius 2 is 1.28 bits per heavy atom. The summed E-state index contributed by atoms with van der Waals surface area (Å²) < 4.78 is 6.07. The largest absolute Gasteiger partial charge is 0.285 e. The average Bonchev–Trinajstić information content (AvgIpc) is 2.38. The van der Waals surface area contributed by atoms with E-state index in [0.29, 0.717) is 0 Å². The van der Waals surface area contributed by atoms with Gasteiger partial charge in [-0.15, -0.1) is 0 Å². The van der Waals surface area contributed by atoms with E-state index in [1.54, 1.807) is 0 Å². The van der Waals surface area contributed by atoms with Crippen molar-refractivity contribution in [2.24, 2.45) is 0 Å². The Kier molecular flexibility index (Phi) is 2.88. The third-order valence-electron chi connectivity index (χ3n) is 2.97. The maximum Gasteiger partial charge on any atom is 0.203 e. The normalized spacial score (nSPS) is 11.3. The van der Waals surface area contributed by atoms with Crippen LogP contribution in [-0.2, 0) is 11.2 Å². The van der Waals surface area contributed by atoms with Gasteiger partial charge in [0.15, 0.2) is 11.2 Å². The lowest BCUT2D eigenvalue weighted by Gasteiger charge is -2.08. The summed E-state index contributed by atoms with van der Waals surface area (Å²) in [4.78, 5) is 0. The maximum atomic E-state index is 6.07. The molecule has 0 aromatic heterocycles. The minimum absolute atomic E-state index is 0.0786. The van der Waals surface area contributed by atoms with Crippen LogP contribution in [0.5, 0.6) is 5.75 Å². The van der Waals surface area contributed by atoms with Gasteiger partial charge in [0.1, 0.15) is 12.5 Å². The van der Waals surface area contributed by atoms with Crippen LogP contribution in [0.2, 0.25) is 0 Å². The van der Waals surface area contributed by atoms with Crippen LogP contribution in [0.3, 0.4) is 0 Å². The molecule has 3 aromatic carbocycles. The Morgan fingerprint density at radius 1 is 0.778 bits per heavy atom. The number of rotatable bonds is 2. The molecule has 3 aromatic rings. The van der Waals surface area contributed by atoms with Crippen molar-refractivity contribution in [2.45, 2.75) is 0 Å². The predicted octanol–water partition coefficient (Wildman–Crippen LogP) is 4.16. The predicted molar refractivity (Wildman–Crippen MR) is 81.3 cm³/mol. The number of benzene rings is 3. The number of fused-ring (bicyclic) bond motifs is 2. The highest BCUT2D eigenvalue weighted by molar-refractivity contribution is 7.91. The van der Waals surface area contributed by atoms with E-state index >= 15 is 0 Å². The Balaban J connectivity index is 2.41. The van der Waals surface area contributed by atoms with Gasteiger partial charge in [-0.3, -0.25) is 4.18 Å². The standard InChI is InChI=1S/C16H15OS/c1-18(2)17-16-14-9-5-3-7-12(14)11-13-8-4-6-10-15(13)16/h3-11H,1-2H3/q+1. The van der Waals surface area contributed by atoms with E-state index in [4.69, 9.17) is 4.18 Å². The van der Waals surface area contributed by atoms with Gasteiger partial charge in [-0.05, 0) is 16.8 Å². The van der Waals surface area contributed by atoms with Gasteiger partial charge in [0.25, 0.3) is 0 Å². The van der Waals surface area contributed by atoms with Crippen LogP contribution in [0.4, 0.5) is 0 Å². The van der Waals surface area contributed by atoms with Crippen molar-refractivity contribution in [3.05, 3.63) is 54.6 Å². The zero-order valence-corrected chi connectivity index (χ0v) is 11.3. The van der Waals surface area contributed by atoms with Crippen molar-refractivity contribution < 1.29 is 4.18 Å². The molecule has 0 amide bonds. The Hall–Kier alpha value is -1.67. The van der Waals surface area contributed by atoms with Crippen molar-refractivity contribution in [1.29, 1.82) is 0 Å². The van der Waals surface area contributed by atoms with Crippen LogP contribution in [-0.4, -0.2) is 12.5 Å². The number of hydrogen-bond donors (Lipinski definition) is 0. The maximum absolute atomic E-state index is 6.07. The Morgan fingerprint density at radius 3 is 1.78 bits per heavy atom. The van der Waals surface area contributed by atoms with E-state index in [2.05, 4.69) is 67.1 Å². The van der Waals surface area contributed by atoms with Gasteiger partial charge in [-0.25, -0.2) is 0 Å². The molecule has 90 valence electrons. The zero-order valence-electron chi connectivity index (χ0n) is 10.5. The molecule has 0 radical (unpaired) electrons. The molecule has 0 atom stereocenters. The summed E-state index contributed by atoms with van der Waals surface area (Å²) in [5.41, 5.74) is 0. The van der Waals surface area contributed by atoms with Gasteiger partial charge in [-0.2, -0.15) is 0 Å². The first kappa shape index (κ1) is 11.4. The minimum atomic E-state index is -0.0786. The summed E-state index contributed by atoms with van der Waals surface area (Å²) in [6.07, 6.45) is 4.19. The molecular formula is C16H15OS+. The third-order valence-corrected chi connectivity index (χ3v) is 3.47. The summed E-state index contributed by atoms with van der Waals surface area (Å²) in [5.74, 6) is 1.01. The van der Waals surface area contributed by atoms with Crippen molar-refractivity contribution in [2.75, 3.05) is 12.5 Å². The molecule has 0 unspecified atom stereocenters. The SMILES string of the molecule is C[S+](C)Oc1c2ccccc2cc2ccccc12. The van der Waals surface area contributed by atoms with Crippen molar-refractivity contribution in [1.82, 2.24) is 0 Å². The molecule has 0 aliphatic rings. The fourth-order valence-corrected chi connectivity index (χ4v) is 2.74. The summed E-state index contributed by atoms with van der Waals surface area (Å²) in [6.45, 7) is 0. The van der Waals surface area contributed by atoms with Gasteiger partial charge in [0.05, 0.1) is 0 Å². The van der Waals surface area contributed by atoms with Crippen LogP contribution >= 0.6 is 0 Å². The van der Waals surface area contributed by atoms with Gasteiger partial charge in [0, 0.05) is 10.8 Å².